The van der Waals surface area contributed by atoms with Gasteiger partial charge in [0.2, 0.25) is 5.91 Å². The van der Waals surface area contributed by atoms with Crippen molar-refractivity contribution < 1.29 is 4.79 Å². The Balaban J connectivity index is 1.57. The van der Waals surface area contributed by atoms with Gasteiger partial charge in [-0.1, -0.05) is 43.3 Å². The van der Waals surface area contributed by atoms with Crippen LogP contribution >= 0.6 is 0 Å². The summed E-state index contributed by atoms with van der Waals surface area (Å²) in [5.74, 6) is 0.366. The van der Waals surface area contributed by atoms with Crippen molar-refractivity contribution in [3.63, 3.8) is 0 Å². The third kappa shape index (κ3) is 6.33. The first-order chi connectivity index (χ1) is 14.5. The lowest BCUT2D eigenvalue weighted by Gasteiger charge is -2.34. The highest BCUT2D eigenvalue weighted by Gasteiger charge is 2.14. The minimum Gasteiger partial charge on any atom is -0.369 e. The van der Waals surface area contributed by atoms with Crippen molar-refractivity contribution >= 4 is 11.6 Å². The number of rotatable bonds is 8. The molecule has 30 heavy (non-hydrogen) atoms. The monoisotopic (exact) mass is 404 g/mol. The Morgan fingerprint density at radius 2 is 1.83 bits per heavy atom. The highest BCUT2D eigenvalue weighted by atomic mass is 16.1. The molecule has 0 radical (unpaired) electrons. The number of benzene rings is 2. The lowest BCUT2D eigenvalue weighted by molar-refractivity contribution is -0.121. The maximum absolute atomic E-state index is 11.7. The zero-order valence-electron chi connectivity index (χ0n) is 18.1. The summed E-state index contributed by atoms with van der Waals surface area (Å²) in [5.41, 5.74) is 5.06. The maximum Gasteiger partial charge on any atom is 0.220 e. The molecule has 2 aromatic rings. The van der Waals surface area contributed by atoms with Gasteiger partial charge in [-0.05, 0) is 54.6 Å². The lowest BCUT2D eigenvalue weighted by Crippen LogP contribution is -2.44. The molecule has 1 unspecified atom stereocenters. The van der Waals surface area contributed by atoms with Crippen LogP contribution in [-0.4, -0.2) is 50.6 Å². The number of anilines is 1. The van der Waals surface area contributed by atoms with Crippen LogP contribution in [-0.2, 0) is 11.2 Å². The summed E-state index contributed by atoms with van der Waals surface area (Å²) in [5, 5.41) is 11.1. The summed E-state index contributed by atoms with van der Waals surface area (Å²) in [6.45, 7) is 6.65. The third-order valence-corrected chi connectivity index (χ3v) is 5.81. The molecule has 1 saturated heterocycles. The Bertz CT molecular complexity index is 863. The molecule has 0 aromatic heterocycles. The SMILES string of the molecule is CC(CCC(=O)NCC#N)Cc1cccc(-c2ccc(N3CCN(C)CC3)cc2)c1. The number of hydrogen-bond acceptors (Lipinski definition) is 4. The zero-order valence-corrected chi connectivity index (χ0v) is 18.1. The van der Waals surface area contributed by atoms with E-state index in [1.54, 1.807) is 0 Å². The third-order valence-electron chi connectivity index (χ3n) is 5.81. The molecule has 1 aliphatic rings. The Kier molecular flexibility index (Phi) is 7.87. The highest BCUT2D eigenvalue weighted by Crippen LogP contribution is 2.26. The predicted molar refractivity (Wildman–Crippen MR) is 122 cm³/mol. The lowest BCUT2D eigenvalue weighted by atomic mass is 9.94. The molecule has 1 fully saturated rings. The molecule has 158 valence electrons. The van der Waals surface area contributed by atoms with Gasteiger partial charge in [0.05, 0.1) is 6.07 Å². The fourth-order valence-corrected chi connectivity index (χ4v) is 3.92. The molecule has 5 heteroatoms. The number of amides is 1. The van der Waals surface area contributed by atoms with Crippen LogP contribution in [0.4, 0.5) is 5.69 Å². The second kappa shape index (κ2) is 10.8. The van der Waals surface area contributed by atoms with Crippen LogP contribution in [0.2, 0.25) is 0 Å². The maximum atomic E-state index is 11.7. The van der Waals surface area contributed by atoms with Crippen LogP contribution in [0.25, 0.3) is 11.1 Å². The summed E-state index contributed by atoms with van der Waals surface area (Å²) >= 11 is 0. The molecule has 1 atom stereocenters. The van der Waals surface area contributed by atoms with Gasteiger partial charge in [-0.25, -0.2) is 0 Å². The quantitative estimate of drug-likeness (QED) is 0.682. The topological polar surface area (TPSA) is 59.4 Å². The molecule has 0 aliphatic carbocycles. The first-order valence-electron chi connectivity index (χ1n) is 10.8. The summed E-state index contributed by atoms with van der Waals surface area (Å²) in [6.07, 6.45) is 2.23. The van der Waals surface area contributed by atoms with Crippen molar-refractivity contribution in [1.29, 1.82) is 5.26 Å². The molecule has 1 N–H and O–H groups in total. The predicted octanol–water partition coefficient (Wildman–Crippen LogP) is 3.70. The highest BCUT2D eigenvalue weighted by molar-refractivity contribution is 5.76. The summed E-state index contributed by atoms with van der Waals surface area (Å²) in [4.78, 5) is 16.5. The van der Waals surface area contributed by atoms with Crippen LogP contribution in [0.5, 0.6) is 0 Å². The molecule has 0 bridgehead atoms. The molecule has 1 amide bonds. The molecule has 0 spiro atoms. The first-order valence-corrected chi connectivity index (χ1v) is 10.8. The molecule has 1 heterocycles. The van der Waals surface area contributed by atoms with Gasteiger partial charge in [0.15, 0.2) is 0 Å². The van der Waals surface area contributed by atoms with E-state index in [9.17, 15) is 4.79 Å². The minimum atomic E-state index is -0.0439. The van der Waals surface area contributed by atoms with Crippen molar-refractivity contribution in [2.24, 2.45) is 5.92 Å². The molecule has 0 saturated carbocycles. The van der Waals surface area contributed by atoms with Crippen molar-refractivity contribution in [2.45, 2.75) is 26.2 Å². The number of nitrogens with zero attached hydrogens (tertiary/aromatic N) is 3. The van der Waals surface area contributed by atoms with Crippen molar-refractivity contribution in [2.75, 3.05) is 44.7 Å². The Morgan fingerprint density at radius 3 is 2.53 bits per heavy atom. The van der Waals surface area contributed by atoms with Gasteiger partial charge in [0, 0.05) is 38.3 Å². The van der Waals surface area contributed by atoms with E-state index in [-0.39, 0.29) is 12.5 Å². The normalized spacial score (nSPS) is 15.4. The number of piperazine rings is 1. The average molecular weight is 405 g/mol. The van der Waals surface area contributed by atoms with E-state index < -0.39 is 0 Å². The molecule has 3 rings (SSSR count). The van der Waals surface area contributed by atoms with Crippen molar-refractivity contribution in [3.8, 4) is 17.2 Å². The van der Waals surface area contributed by atoms with Gasteiger partial charge in [-0.2, -0.15) is 5.26 Å². The van der Waals surface area contributed by atoms with Gasteiger partial charge in [0.1, 0.15) is 6.54 Å². The van der Waals surface area contributed by atoms with E-state index >= 15 is 0 Å². The Labute approximate surface area is 180 Å². The van der Waals surface area contributed by atoms with Gasteiger partial charge in [-0.15, -0.1) is 0 Å². The van der Waals surface area contributed by atoms with E-state index in [2.05, 4.69) is 77.6 Å². The van der Waals surface area contributed by atoms with Crippen LogP contribution in [0.3, 0.4) is 0 Å². The number of carbonyl (C=O) groups excluding carboxylic acids is 1. The number of carbonyl (C=O) groups is 1. The second-order valence-electron chi connectivity index (χ2n) is 8.32. The largest absolute Gasteiger partial charge is 0.369 e. The zero-order chi connectivity index (χ0) is 21.3. The number of likely N-dealkylation sites (N-methyl/N-ethyl adjacent to an activating group) is 1. The summed E-state index contributed by atoms with van der Waals surface area (Å²) < 4.78 is 0. The van der Waals surface area contributed by atoms with E-state index in [4.69, 9.17) is 5.26 Å². The first kappa shape index (κ1) is 21.9. The number of nitrogens with one attached hydrogen (secondary N) is 1. The Hall–Kier alpha value is -2.84. The second-order valence-corrected chi connectivity index (χ2v) is 8.32. The number of hydrogen-bond donors (Lipinski definition) is 1. The van der Waals surface area contributed by atoms with E-state index in [0.717, 1.165) is 39.0 Å². The fraction of sp³-hybridized carbons (Fsp3) is 0.440. The van der Waals surface area contributed by atoms with Crippen LogP contribution < -0.4 is 10.2 Å². The standard InChI is InChI=1S/C25H32N4O/c1-20(6-11-25(30)27-13-12-26)18-21-4-3-5-23(19-21)22-7-9-24(10-8-22)29-16-14-28(2)15-17-29/h3-5,7-10,19-20H,6,11,13-18H2,1-2H3,(H,27,30). The van der Waals surface area contributed by atoms with Gasteiger partial charge in [-0.3, -0.25) is 4.79 Å². The fourth-order valence-electron chi connectivity index (χ4n) is 3.92. The van der Waals surface area contributed by atoms with E-state index in [1.807, 2.05) is 6.07 Å². The minimum absolute atomic E-state index is 0.0439. The smallest absolute Gasteiger partial charge is 0.220 e. The summed E-state index contributed by atoms with van der Waals surface area (Å²) in [6, 6.07) is 19.5. The molecule has 1 aliphatic heterocycles. The number of nitriles is 1. The van der Waals surface area contributed by atoms with E-state index in [0.29, 0.717) is 12.3 Å². The van der Waals surface area contributed by atoms with Gasteiger partial charge >= 0.3 is 0 Å². The van der Waals surface area contributed by atoms with E-state index in [1.165, 1.54) is 22.4 Å². The average Bonchev–Trinajstić information content (AvgIpc) is 2.77. The molecule has 2 aromatic carbocycles. The molecule has 5 nitrogen and oxygen atoms in total. The van der Waals surface area contributed by atoms with Crippen LogP contribution in [0.1, 0.15) is 25.3 Å². The van der Waals surface area contributed by atoms with Gasteiger partial charge < -0.3 is 15.1 Å². The Morgan fingerprint density at radius 1 is 1.10 bits per heavy atom. The van der Waals surface area contributed by atoms with Crippen molar-refractivity contribution in [3.05, 3.63) is 54.1 Å². The van der Waals surface area contributed by atoms with Crippen molar-refractivity contribution in [1.82, 2.24) is 10.2 Å². The molecular formula is C25H32N4O. The van der Waals surface area contributed by atoms with Crippen LogP contribution in [0, 0.1) is 17.2 Å². The van der Waals surface area contributed by atoms with Crippen LogP contribution in [0.15, 0.2) is 48.5 Å². The van der Waals surface area contributed by atoms with Gasteiger partial charge in [0.25, 0.3) is 0 Å². The molecular weight excluding hydrogens is 372 g/mol. The summed E-state index contributed by atoms with van der Waals surface area (Å²) in [7, 11) is 2.18.